The Labute approximate surface area is 102 Å². The lowest BCUT2D eigenvalue weighted by atomic mass is 9.86. The molecule has 0 saturated carbocycles. The van der Waals surface area contributed by atoms with Crippen LogP contribution in [0.4, 0.5) is 0 Å². The minimum Gasteiger partial charge on any atom is -0.336 e. The summed E-state index contributed by atoms with van der Waals surface area (Å²) in [6.45, 7) is 2.29. The van der Waals surface area contributed by atoms with Crippen LogP contribution < -0.4 is 5.32 Å². The quantitative estimate of drug-likeness (QED) is 0.841. The lowest BCUT2D eigenvalue weighted by molar-refractivity contribution is 0.0295. The molecule has 4 rings (SSSR count). The van der Waals surface area contributed by atoms with Crippen molar-refractivity contribution in [2.24, 2.45) is 5.92 Å². The Morgan fingerprint density at radius 3 is 2.47 bits per heavy atom. The zero-order chi connectivity index (χ0) is 11.7. The van der Waals surface area contributed by atoms with Gasteiger partial charge in [0.25, 0.3) is 5.91 Å². The SMILES string of the molecule is O=C(NC1CC2CCN1CC2)c1ccccc1. The normalized spacial score (nSPS) is 31.2. The topological polar surface area (TPSA) is 32.3 Å². The van der Waals surface area contributed by atoms with E-state index in [-0.39, 0.29) is 12.1 Å². The Kier molecular flexibility index (Phi) is 2.85. The van der Waals surface area contributed by atoms with Crippen molar-refractivity contribution in [2.45, 2.75) is 25.4 Å². The van der Waals surface area contributed by atoms with E-state index in [0.717, 1.165) is 31.0 Å². The first-order chi connectivity index (χ1) is 8.33. The number of piperidine rings is 3. The molecule has 1 amide bonds. The molecule has 0 spiro atoms. The fraction of sp³-hybridized carbons (Fsp3) is 0.500. The number of rotatable bonds is 2. The third-order valence-corrected chi connectivity index (χ3v) is 3.98. The zero-order valence-electron chi connectivity index (χ0n) is 9.93. The Bertz CT molecular complexity index is 396. The zero-order valence-corrected chi connectivity index (χ0v) is 9.93. The predicted molar refractivity (Wildman–Crippen MR) is 66.6 cm³/mol. The van der Waals surface area contributed by atoms with Crippen LogP contribution in [0.5, 0.6) is 0 Å². The number of amides is 1. The molecule has 0 aliphatic carbocycles. The van der Waals surface area contributed by atoms with Gasteiger partial charge in [-0.05, 0) is 37.3 Å². The molecule has 1 atom stereocenters. The van der Waals surface area contributed by atoms with E-state index in [0.29, 0.717) is 0 Å². The molecular weight excluding hydrogens is 212 g/mol. The van der Waals surface area contributed by atoms with E-state index >= 15 is 0 Å². The van der Waals surface area contributed by atoms with E-state index in [4.69, 9.17) is 0 Å². The summed E-state index contributed by atoms with van der Waals surface area (Å²) in [7, 11) is 0. The first-order valence-corrected chi connectivity index (χ1v) is 6.43. The molecule has 3 fully saturated rings. The van der Waals surface area contributed by atoms with Gasteiger partial charge < -0.3 is 5.32 Å². The van der Waals surface area contributed by atoms with Crippen molar-refractivity contribution in [2.75, 3.05) is 13.1 Å². The van der Waals surface area contributed by atoms with Crippen molar-refractivity contribution in [3.05, 3.63) is 35.9 Å². The molecule has 3 nitrogen and oxygen atoms in total. The van der Waals surface area contributed by atoms with Crippen LogP contribution in [0.3, 0.4) is 0 Å². The van der Waals surface area contributed by atoms with Gasteiger partial charge >= 0.3 is 0 Å². The molecule has 1 aromatic carbocycles. The average Bonchev–Trinajstić information content (AvgIpc) is 2.41. The first kappa shape index (κ1) is 10.8. The van der Waals surface area contributed by atoms with Gasteiger partial charge in [-0.2, -0.15) is 0 Å². The number of hydrogen-bond donors (Lipinski definition) is 1. The number of hydrogen-bond acceptors (Lipinski definition) is 2. The van der Waals surface area contributed by atoms with Gasteiger partial charge in [0.15, 0.2) is 0 Å². The van der Waals surface area contributed by atoms with Crippen LogP contribution in [-0.2, 0) is 0 Å². The van der Waals surface area contributed by atoms with Gasteiger partial charge in [0.1, 0.15) is 0 Å². The van der Waals surface area contributed by atoms with Crippen LogP contribution in [0.2, 0.25) is 0 Å². The maximum absolute atomic E-state index is 12.1. The molecule has 2 bridgehead atoms. The smallest absolute Gasteiger partial charge is 0.252 e. The highest BCUT2D eigenvalue weighted by atomic mass is 16.1. The highest BCUT2D eigenvalue weighted by Crippen LogP contribution is 2.30. The molecule has 1 N–H and O–H groups in total. The van der Waals surface area contributed by atoms with Gasteiger partial charge in [0.05, 0.1) is 6.17 Å². The molecule has 3 aliphatic rings. The number of carbonyl (C=O) groups is 1. The summed E-state index contributed by atoms with van der Waals surface area (Å²) in [5.74, 6) is 0.879. The highest BCUT2D eigenvalue weighted by Gasteiger charge is 2.34. The van der Waals surface area contributed by atoms with Gasteiger partial charge in [-0.1, -0.05) is 18.2 Å². The Morgan fingerprint density at radius 2 is 1.88 bits per heavy atom. The second kappa shape index (κ2) is 4.49. The largest absolute Gasteiger partial charge is 0.336 e. The average molecular weight is 230 g/mol. The maximum Gasteiger partial charge on any atom is 0.252 e. The van der Waals surface area contributed by atoms with Gasteiger partial charge in [0, 0.05) is 18.7 Å². The molecule has 1 aromatic rings. The number of nitrogens with zero attached hydrogens (tertiary/aromatic N) is 1. The van der Waals surface area contributed by atoms with E-state index < -0.39 is 0 Å². The maximum atomic E-state index is 12.1. The van der Waals surface area contributed by atoms with Crippen LogP contribution in [0.25, 0.3) is 0 Å². The van der Waals surface area contributed by atoms with E-state index in [1.165, 1.54) is 12.8 Å². The fourth-order valence-corrected chi connectivity index (χ4v) is 2.94. The number of benzene rings is 1. The summed E-state index contributed by atoms with van der Waals surface area (Å²) in [6, 6.07) is 9.48. The van der Waals surface area contributed by atoms with Gasteiger partial charge in [-0.15, -0.1) is 0 Å². The van der Waals surface area contributed by atoms with Gasteiger partial charge in [-0.25, -0.2) is 0 Å². The Morgan fingerprint density at radius 1 is 1.18 bits per heavy atom. The molecule has 3 aliphatic heterocycles. The summed E-state index contributed by atoms with van der Waals surface area (Å²) in [5, 5.41) is 3.15. The molecular formula is C14H18N2O. The lowest BCUT2D eigenvalue weighted by Crippen LogP contribution is -2.56. The molecule has 1 unspecified atom stereocenters. The first-order valence-electron chi connectivity index (χ1n) is 6.43. The van der Waals surface area contributed by atoms with Crippen LogP contribution in [0, 0.1) is 5.92 Å². The summed E-state index contributed by atoms with van der Waals surface area (Å²) < 4.78 is 0. The molecule has 17 heavy (non-hydrogen) atoms. The molecule has 3 saturated heterocycles. The summed E-state index contributed by atoms with van der Waals surface area (Å²) >= 11 is 0. The molecule has 3 heterocycles. The Balaban J connectivity index is 1.66. The highest BCUT2D eigenvalue weighted by molar-refractivity contribution is 5.94. The minimum atomic E-state index is 0.0585. The monoisotopic (exact) mass is 230 g/mol. The number of nitrogens with one attached hydrogen (secondary N) is 1. The van der Waals surface area contributed by atoms with Crippen molar-refractivity contribution in [3.63, 3.8) is 0 Å². The van der Waals surface area contributed by atoms with Crippen LogP contribution >= 0.6 is 0 Å². The lowest BCUT2D eigenvalue weighted by Gasteiger charge is -2.45. The number of carbonyl (C=O) groups excluding carboxylic acids is 1. The molecule has 0 radical (unpaired) electrons. The second-order valence-electron chi connectivity index (χ2n) is 5.07. The summed E-state index contributed by atoms with van der Waals surface area (Å²) in [6.07, 6.45) is 3.99. The van der Waals surface area contributed by atoms with E-state index in [1.54, 1.807) is 0 Å². The molecule has 90 valence electrons. The molecule has 0 aromatic heterocycles. The van der Waals surface area contributed by atoms with Crippen LogP contribution in [0.15, 0.2) is 30.3 Å². The second-order valence-corrected chi connectivity index (χ2v) is 5.07. The standard InChI is InChI=1S/C14H18N2O/c17-14(12-4-2-1-3-5-12)15-13-10-11-6-8-16(13)9-7-11/h1-5,11,13H,6-10H2,(H,15,17). The van der Waals surface area contributed by atoms with Crippen molar-refractivity contribution >= 4 is 5.91 Å². The summed E-state index contributed by atoms with van der Waals surface area (Å²) in [4.78, 5) is 14.5. The van der Waals surface area contributed by atoms with Crippen molar-refractivity contribution < 1.29 is 4.79 Å². The third kappa shape index (κ3) is 2.20. The van der Waals surface area contributed by atoms with Crippen molar-refractivity contribution in [1.29, 1.82) is 0 Å². The van der Waals surface area contributed by atoms with E-state index in [2.05, 4.69) is 10.2 Å². The third-order valence-electron chi connectivity index (χ3n) is 3.98. The van der Waals surface area contributed by atoms with Crippen LogP contribution in [-0.4, -0.2) is 30.1 Å². The predicted octanol–water partition coefficient (Wildman–Crippen LogP) is 1.86. The summed E-state index contributed by atoms with van der Waals surface area (Å²) in [5.41, 5.74) is 0.759. The fourth-order valence-electron chi connectivity index (χ4n) is 2.94. The van der Waals surface area contributed by atoms with Crippen molar-refractivity contribution in [1.82, 2.24) is 10.2 Å². The van der Waals surface area contributed by atoms with E-state index in [1.807, 2.05) is 30.3 Å². The number of fused-ring (bicyclic) bond motifs is 3. The van der Waals surface area contributed by atoms with Gasteiger partial charge in [-0.3, -0.25) is 9.69 Å². The Hall–Kier alpha value is -1.35. The van der Waals surface area contributed by atoms with Crippen LogP contribution in [0.1, 0.15) is 29.6 Å². The van der Waals surface area contributed by atoms with Crippen molar-refractivity contribution in [3.8, 4) is 0 Å². The molecule has 3 heteroatoms. The minimum absolute atomic E-state index is 0.0585. The van der Waals surface area contributed by atoms with E-state index in [9.17, 15) is 4.79 Å². The van der Waals surface area contributed by atoms with Gasteiger partial charge in [0.2, 0.25) is 0 Å².